The molecular weight excluding hydrogens is 356 g/mol. The first-order valence-corrected chi connectivity index (χ1v) is 13.3. The molecule has 0 aromatic carbocycles. The van der Waals surface area contributed by atoms with E-state index in [9.17, 15) is 4.79 Å². The van der Waals surface area contributed by atoms with Crippen LogP contribution in [-0.4, -0.2) is 12.6 Å². The third-order valence-corrected chi connectivity index (χ3v) is 6.41. The molecule has 2 atom stereocenters. The second-order valence-electron chi connectivity index (χ2n) is 9.33. The van der Waals surface area contributed by atoms with Gasteiger partial charge in [0.1, 0.15) is 0 Å². The fourth-order valence-electron chi connectivity index (χ4n) is 3.95. The van der Waals surface area contributed by atoms with E-state index in [0.717, 1.165) is 6.42 Å². The van der Waals surface area contributed by atoms with Crippen molar-refractivity contribution < 1.29 is 9.53 Å². The number of carbonyl (C=O) groups excluding carboxylic acids is 1. The molecule has 2 heteroatoms. The summed E-state index contributed by atoms with van der Waals surface area (Å²) in [5.74, 6) is 0.619. The van der Waals surface area contributed by atoms with Crippen LogP contribution in [0.1, 0.15) is 150 Å². The molecule has 2 unspecified atom stereocenters. The lowest BCUT2D eigenvalue weighted by molar-refractivity contribution is -0.149. The van der Waals surface area contributed by atoms with Crippen LogP contribution in [0.3, 0.4) is 0 Å². The number of carbonyl (C=O) groups is 1. The van der Waals surface area contributed by atoms with E-state index in [1.165, 1.54) is 116 Å². The molecule has 2 nitrogen and oxygen atoms in total. The molecule has 0 rings (SSSR count). The van der Waals surface area contributed by atoms with E-state index in [1.54, 1.807) is 0 Å². The fourth-order valence-corrected chi connectivity index (χ4v) is 3.95. The molecule has 0 spiro atoms. The second-order valence-corrected chi connectivity index (χ2v) is 9.33. The van der Waals surface area contributed by atoms with Crippen molar-refractivity contribution >= 4 is 5.97 Å². The Hall–Kier alpha value is -0.530. The predicted molar refractivity (Wildman–Crippen MR) is 128 cm³/mol. The van der Waals surface area contributed by atoms with E-state index in [2.05, 4.69) is 20.8 Å². The Morgan fingerprint density at radius 3 is 1.38 bits per heavy atom. The Kier molecular flexibility index (Phi) is 21.8. The van der Waals surface area contributed by atoms with Crippen molar-refractivity contribution in [2.45, 2.75) is 150 Å². The smallest absolute Gasteiger partial charge is 0.308 e. The van der Waals surface area contributed by atoms with Gasteiger partial charge in [0, 0.05) is 0 Å². The Morgan fingerprint density at radius 2 is 1.00 bits per heavy atom. The third kappa shape index (κ3) is 19.2. The van der Waals surface area contributed by atoms with Crippen LogP contribution in [0.5, 0.6) is 0 Å². The zero-order valence-corrected chi connectivity index (χ0v) is 20.6. The van der Waals surface area contributed by atoms with Crippen LogP contribution in [0.25, 0.3) is 0 Å². The van der Waals surface area contributed by atoms with Crippen LogP contribution in [0.4, 0.5) is 0 Å². The molecule has 0 radical (unpaired) electrons. The maximum absolute atomic E-state index is 12.0. The minimum atomic E-state index is 0.00326. The zero-order valence-electron chi connectivity index (χ0n) is 20.6. The molecule has 0 aliphatic carbocycles. The van der Waals surface area contributed by atoms with E-state index < -0.39 is 0 Å². The predicted octanol–water partition coefficient (Wildman–Crippen LogP) is 9.25. The number of ether oxygens (including phenoxy) is 1. The normalized spacial score (nSPS) is 13.4. The van der Waals surface area contributed by atoms with E-state index in [-0.39, 0.29) is 11.9 Å². The summed E-state index contributed by atoms with van der Waals surface area (Å²) in [6.07, 6.45) is 25.3. The number of hydrogen-bond donors (Lipinski definition) is 0. The lowest BCUT2D eigenvalue weighted by atomic mass is 9.94. The van der Waals surface area contributed by atoms with E-state index in [4.69, 9.17) is 4.74 Å². The topological polar surface area (TPSA) is 26.3 Å². The summed E-state index contributed by atoms with van der Waals surface area (Å²) < 4.78 is 5.66. The Balaban J connectivity index is 3.93. The largest absolute Gasteiger partial charge is 0.465 e. The summed E-state index contributed by atoms with van der Waals surface area (Å²) in [6.45, 7) is 9.24. The Morgan fingerprint density at radius 1 is 0.621 bits per heavy atom. The highest BCUT2D eigenvalue weighted by Gasteiger charge is 2.15. The van der Waals surface area contributed by atoms with Crippen molar-refractivity contribution in [1.29, 1.82) is 0 Å². The van der Waals surface area contributed by atoms with Crippen LogP contribution in [0, 0.1) is 11.8 Å². The molecule has 174 valence electrons. The van der Waals surface area contributed by atoms with Crippen LogP contribution in [0.2, 0.25) is 0 Å². The van der Waals surface area contributed by atoms with Crippen molar-refractivity contribution in [1.82, 2.24) is 0 Å². The SMILES string of the molecule is CCCCCCCCCCCCC(CCCCCCCC)COC(=O)C(C)CC. The van der Waals surface area contributed by atoms with E-state index in [0.29, 0.717) is 12.5 Å². The summed E-state index contributed by atoms with van der Waals surface area (Å²) in [5.41, 5.74) is 0. The number of hydrogen-bond acceptors (Lipinski definition) is 2. The Bertz CT molecular complexity index is 339. The Labute approximate surface area is 184 Å². The van der Waals surface area contributed by atoms with Gasteiger partial charge in [0.05, 0.1) is 12.5 Å². The van der Waals surface area contributed by atoms with Gasteiger partial charge in [0.2, 0.25) is 0 Å². The highest BCUT2D eigenvalue weighted by molar-refractivity contribution is 5.71. The fraction of sp³-hybridized carbons (Fsp3) is 0.963. The average molecular weight is 411 g/mol. The van der Waals surface area contributed by atoms with Gasteiger partial charge in [0.25, 0.3) is 0 Å². The lowest BCUT2D eigenvalue weighted by Crippen LogP contribution is -2.19. The highest BCUT2D eigenvalue weighted by Crippen LogP contribution is 2.20. The maximum atomic E-state index is 12.0. The molecule has 0 bridgehead atoms. The summed E-state index contributed by atoms with van der Waals surface area (Å²) in [6, 6.07) is 0. The molecule has 0 aliphatic heterocycles. The molecule has 0 amide bonds. The summed E-state index contributed by atoms with van der Waals surface area (Å²) in [7, 11) is 0. The van der Waals surface area contributed by atoms with Crippen LogP contribution in [-0.2, 0) is 9.53 Å². The number of esters is 1. The monoisotopic (exact) mass is 410 g/mol. The number of rotatable bonds is 22. The molecule has 0 aromatic rings. The maximum Gasteiger partial charge on any atom is 0.308 e. The van der Waals surface area contributed by atoms with Crippen molar-refractivity contribution in [3.63, 3.8) is 0 Å². The van der Waals surface area contributed by atoms with Crippen molar-refractivity contribution in [3.8, 4) is 0 Å². The molecule has 29 heavy (non-hydrogen) atoms. The van der Waals surface area contributed by atoms with Gasteiger partial charge in [-0.2, -0.15) is 0 Å². The van der Waals surface area contributed by atoms with Gasteiger partial charge in [-0.1, -0.05) is 130 Å². The first kappa shape index (κ1) is 28.5. The van der Waals surface area contributed by atoms with Gasteiger partial charge in [-0.25, -0.2) is 0 Å². The lowest BCUT2D eigenvalue weighted by Gasteiger charge is -2.18. The quantitative estimate of drug-likeness (QED) is 0.131. The molecule has 0 fully saturated rings. The van der Waals surface area contributed by atoms with Gasteiger partial charge >= 0.3 is 5.97 Å². The first-order valence-electron chi connectivity index (χ1n) is 13.3. The molecule has 0 heterocycles. The summed E-state index contributed by atoms with van der Waals surface area (Å²) >= 11 is 0. The van der Waals surface area contributed by atoms with Crippen molar-refractivity contribution in [2.24, 2.45) is 11.8 Å². The molecule has 0 saturated carbocycles. The highest BCUT2D eigenvalue weighted by atomic mass is 16.5. The average Bonchev–Trinajstić information content (AvgIpc) is 2.74. The third-order valence-electron chi connectivity index (χ3n) is 6.41. The standard InChI is InChI=1S/C27H54O2/c1-5-8-10-12-14-15-16-17-19-21-23-26(22-20-18-13-11-9-6-2)24-29-27(28)25(4)7-3/h25-26H,5-24H2,1-4H3. The minimum Gasteiger partial charge on any atom is -0.465 e. The summed E-state index contributed by atoms with van der Waals surface area (Å²) in [5, 5.41) is 0. The minimum absolute atomic E-state index is 0.00326. The van der Waals surface area contributed by atoms with Crippen LogP contribution >= 0.6 is 0 Å². The molecule has 0 saturated heterocycles. The second kappa shape index (κ2) is 22.2. The van der Waals surface area contributed by atoms with Gasteiger partial charge in [0.15, 0.2) is 0 Å². The van der Waals surface area contributed by atoms with Gasteiger partial charge in [-0.3, -0.25) is 4.79 Å². The molecule has 0 N–H and O–H groups in total. The first-order chi connectivity index (χ1) is 14.2. The van der Waals surface area contributed by atoms with Gasteiger partial charge < -0.3 is 4.74 Å². The molecule has 0 aliphatic rings. The van der Waals surface area contributed by atoms with Crippen LogP contribution in [0.15, 0.2) is 0 Å². The van der Waals surface area contributed by atoms with Crippen molar-refractivity contribution in [3.05, 3.63) is 0 Å². The van der Waals surface area contributed by atoms with E-state index in [1.807, 2.05) is 6.92 Å². The van der Waals surface area contributed by atoms with Gasteiger partial charge in [-0.05, 0) is 25.2 Å². The van der Waals surface area contributed by atoms with Gasteiger partial charge in [-0.15, -0.1) is 0 Å². The van der Waals surface area contributed by atoms with E-state index >= 15 is 0 Å². The number of unbranched alkanes of at least 4 members (excludes halogenated alkanes) is 14. The summed E-state index contributed by atoms with van der Waals surface area (Å²) in [4.78, 5) is 12.0. The zero-order chi connectivity index (χ0) is 21.6. The molecule has 0 aromatic heterocycles. The van der Waals surface area contributed by atoms with Crippen molar-refractivity contribution in [2.75, 3.05) is 6.61 Å². The molecular formula is C27H54O2. The van der Waals surface area contributed by atoms with Crippen LogP contribution < -0.4 is 0 Å².